The number of rotatable bonds is 16. The van der Waals surface area contributed by atoms with Crippen molar-refractivity contribution in [2.75, 3.05) is 18.1 Å². The molecule has 0 aromatic heterocycles. The second-order valence-electron chi connectivity index (χ2n) is 5.60. The maximum absolute atomic E-state index is 11.1. The molecule has 0 aromatic rings. The number of hydrogen-bond donors (Lipinski definition) is 1. The normalized spacial score (nSPS) is 10.6. The first-order valence-corrected chi connectivity index (χ1v) is 9.77. The molecule has 1 N–H and O–H groups in total. The van der Waals surface area contributed by atoms with Gasteiger partial charge in [-0.05, 0) is 12.2 Å². The van der Waals surface area contributed by atoms with Crippen LogP contribution in [0.2, 0.25) is 0 Å². The third-order valence-electron chi connectivity index (χ3n) is 3.45. The third-order valence-corrected chi connectivity index (χ3v) is 4.52. The lowest BCUT2D eigenvalue weighted by Crippen LogP contribution is -2.13. The lowest BCUT2D eigenvalue weighted by atomic mass is 10.1. The van der Waals surface area contributed by atoms with Gasteiger partial charge in [0.25, 0.3) is 0 Å². The lowest BCUT2D eigenvalue weighted by Gasteiger charge is -2.03. The van der Waals surface area contributed by atoms with Crippen molar-refractivity contribution in [3.05, 3.63) is 0 Å². The second kappa shape index (κ2) is 16.7. The average Bonchev–Trinajstić information content (AvgIpc) is 2.49. The highest BCUT2D eigenvalue weighted by Crippen LogP contribution is 2.12. The fourth-order valence-corrected chi connectivity index (χ4v) is 3.09. The Morgan fingerprint density at radius 3 is 1.95 bits per heavy atom. The number of carboxylic acids is 1. The van der Waals surface area contributed by atoms with Gasteiger partial charge in [-0.3, -0.25) is 4.79 Å². The zero-order chi connectivity index (χ0) is 16.5. The van der Waals surface area contributed by atoms with Crippen LogP contribution in [0.15, 0.2) is 0 Å². The third kappa shape index (κ3) is 17.3. The van der Waals surface area contributed by atoms with E-state index in [1.165, 1.54) is 64.2 Å². The van der Waals surface area contributed by atoms with E-state index >= 15 is 0 Å². The first kappa shape index (κ1) is 21.3. The summed E-state index contributed by atoms with van der Waals surface area (Å²) in [6.45, 7) is 1.72. The van der Waals surface area contributed by atoms with Crippen LogP contribution >= 0.6 is 11.8 Å². The van der Waals surface area contributed by atoms with Gasteiger partial charge in [-0.2, -0.15) is 11.8 Å². The molecule has 0 radical (unpaired) electrons. The van der Waals surface area contributed by atoms with Crippen LogP contribution in [0.1, 0.15) is 77.6 Å². The summed E-state index contributed by atoms with van der Waals surface area (Å²) >= 11 is 1.74. The molecule has 0 unspecified atom stereocenters. The van der Waals surface area contributed by atoms with E-state index in [9.17, 15) is 9.59 Å². The highest BCUT2D eigenvalue weighted by Gasteiger charge is 2.05. The Bertz CT molecular complexity index is 282. The lowest BCUT2D eigenvalue weighted by molar-refractivity contribution is -0.154. The summed E-state index contributed by atoms with van der Waals surface area (Å²) in [6, 6.07) is 0. The summed E-state index contributed by atoms with van der Waals surface area (Å²) in [5, 5.41) is 8.36. The smallest absolute Gasteiger partial charge is 0.341 e. The van der Waals surface area contributed by atoms with Crippen LogP contribution in [0.3, 0.4) is 0 Å². The number of esters is 1. The molecule has 0 saturated heterocycles. The summed E-state index contributed by atoms with van der Waals surface area (Å²) in [7, 11) is 0. The molecule has 0 aromatic carbocycles. The minimum atomic E-state index is -1.11. The number of carbonyl (C=O) groups is 2. The van der Waals surface area contributed by atoms with Gasteiger partial charge in [0, 0.05) is 5.75 Å². The van der Waals surface area contributed by atoms with Gasteiger partial charge in [0.2, 0.25) is 0 Å². The molecule has 0 saturated carbocycles. The van der Waals surface area contributed by atoms with Crippen LogP contribution in [-0.2, 0) is 14.3 Å². The standard InChI is InChI=1S/C17H32O4S/c1-2-3-4-5-6-7-8-9-10-11-13-22-14-12-17(20)21-15-16(18)19/h2-15H2,1H3,(H,18,19). The molecular weight excluding hydrogens is 300 g/mol. The van der Waals surface area contributed by atoms with Crippen molar-refractivity contribution >= 4 is 23.7 Å². The molecule has 5 heteroatoms. The van der Waals surface area contributed by atoms with E-state index in [-0.39, 0.29) is 0 Å². The first-order chi connectivity index (χ1) is 10.7. The Balaban J connectivity index is 3.11. The SMILES string of the molecule is CCCCCCCCCCCCSCCC(=O)OCC(=O)O. The zero-order valence-corrected chi connectivity index (χ0v) is 14.8. The van der Waals surface area contributed by atoms with Crippen LogP contribution in [0.4, 0.5) is 0 Å². The molecule has 0 fully saturated rings. The van der Waals surface area contributed by atoms with Crippen LogP contribution < -0.4 is 0 Å². The Labute approximate surface area is 139 Å². The van der Waals surface area contributed by atoms with Gasteiger partial charge in [-0.15, -0.1) is 0 Å². The fraction of sp³-hybridized carbons (Fsp3) is 0.882. The maximum atomic E-state index is 11.1. The molecule has 0 heterocycles. The quantitative estimate of drug-likeness (QED) is 0.329. The van der Waals surface area contributed by atoms with E-state index < -0.39 is 18.5 Å². The molecule has 22 heavy (non-hydrogen) atoms. The van der Waals surface area contributed by atoms with Gasteiger partial charge in [0.1, 0.15) is 0 Å². The Morgan fingerprint density at radius 2 is 1.41 bits per heavy atom. The molecule has 0 rings (SSSR count). The van der Waals surface area contributed by atoms with Crippen molar-refractivity contribution in [3.63, 3.8) is 0 Å². The summed E-state index contributed by atoms with van der Waals surface area (Å²) in [5.74, 6) is 0.267. The molecular formula is C17H32O4S. The van der Waals surface area contributed by atoms with Crippen LogP contribution in [0, 0.1) is 0 Å². The Hall–Kier alpha value is -0.710. The van der Waals surface area contributed by atoms with Crippen LogP contribution in [0.5, 0.6) is 0 Å². The Morgan fingerprint density at radius 1 is 0.864 bits per heavy atom. The average molecular weight is 333 g/mol. The molecule has 0 aliphatic heterocycles. The molecule has 0 aliphatic carbocycles. The zero-order valence-electron chi connectivity index (χ0n) is 14.0. The van der Waals surface area contributed by atoms with Gasteiger partial charge in [0.15, 0.2) is 6.61 Å². The van der Waals surface area contributed by atoms with Crippen LogP contribution in [-0.4, -0.2) is 35.2 Å². The predicted octanol–water partition coefficient (Wildman–Crippen LogP) is 4.66. The van der Waals surface area contributed by atoms with Crippen molar-refractivity contribution in [2.45, 2.75) is 77.6 Å². The summed E-state index contributed by atoms with van der Waals surface area (Å²) in [5.41, 5.74) is 0. The van der Waals surface area contributed by atoms with E-state index in [1.807, 2.05) is 0 Å². The molecule has 130 valence electrons. The molecule has 0 atom stereocenters. The highest BCUT2D eigenvalue weighted by molar-refractivity contribution is 7.99. The number of carbonyl (C=O) groups excluding carboxylic acids is 1. The minimum absolute atomic E-state index is 0.301. The monoisotopic (exact) mass is 332 g/mol. The van der Waals surface area contributed by atoms with Gasteiger partial charge in [-0.25, -0.2) is 4.79 Å². The number of aliphatic carboxylic acids is 1. The number of carboxylic acid groups (broad SMARTS) is 1. The van der Waals surface area contributed by atoms with E-state index in [2.05, 4.69) is 11.7 Å². The number of ether oxygens (including phenoxy) is 1. The topological polar surface area (TPSA) is 63.6 Å². The Kier molecular flexibility index (Phi) is 16.1. The summed E-state index contributed by atoms with van der Waals surface area (Å²) in [4.78, 5) is 21.4. The van der Waals surface area contributed by atoms with Gasteiger partial charge >= 0.3 is 11.9 Å². The van der Waals surface area contributed by atoms with Gasteiger partial charge in [0.05, 0.1) is 6.42 Å². The molecule has 0 bridgehead atoms. The second-order valence-corrected chi connectivity index (χ2v) is 6.82. The highest BCUT2D eigenvalue weighted by atomic mass is 32.2. The number of thioether (sulfide) groups is 1. The fourth-order valence-electron chi connectivity index (χ4n) is 2.16. The van der Waals surface area contributed by atoms with Crippen molar-refractivity contribution in [1.82, 2.24) is 0 Å². The van der Waals surface area contributed by atoms with E-state index in [0.29, 0.717) is 6.42 Å². The van der Waals surface area contributed by atoms with Crippen LogP contribution in [0.25, 0.3) is 0 Å². The first-order valence-electron chi connectivity index (χ1n) is 8.62. The van der Waals surface area contributed by atoms with E-state index in [0.717, 1.165) is 11.5 Å². The molecule has 0 aliphatic rings. The number of unbranched alkanes of at least 4 members (excludes halogenated alkanes) is 9. The molecule has 4 nitrogen and oxygen atoms in total. The van der Waals surface area contributed by atoms with Crippen molar-refractivity contribution in [2.24, 2.45) is 0 Å². The molecule has 0 amide bonds. The van der Waals surface area contributed by atoms with Gasteiger partial charge < -0.3 is 9.84 Å². The van der Waals surface area contributed by atoms with E-state index in [1.54, 1.807) is 11.8 Å². The van der Waals surface area contributed by atoms with Gasteiger partial charge in [-0.1, -0.05) is 64.7 Å². The largest absolute Gasteiger partial charge is 0.479 e. The van der Waals surface area contributed by atoms with Crippen molar-refractivity contribution in [3.8, 4) is 0 Å². The number of hydrogen-bond acceptors (Lipinski definition) is 4. The maximum Gasteiger partial charge on any atom is 0.341 e. The van der Waals surface area contributed by atoms with Crippen molar-refractivity contribution in [1.29, 1.82) is 0 Å². The summed E-state index contributed by atoms with van der Waals surface area (Å²) < 4.78 is 4.56. The predicted molar refractivity (Wildman–Crippen MR) is 92.4 cm³/mol. The summed E-state index contributed by atoms with van der Waals surface area (Å²) in [6.07, 6.45) is 13.7. The minimum Gasteiger partial charge on any atom is -0.479 e. The van der Waals surface area contributed by atoms with E-state index in [4.69, 9.17) is 5.11 Å². The molecule has 0 spiro atoms. The van der Waals surface area contributed by atoms with Crippen molar-refractivity contribution < 1.29 is 19.4 Å².